The molecule has 27 heavy (non-hydrogen) atoms. The van der Waals surface area contributed by atoms with Gasteiger partial charge in [0.15, 0.2) is 11.9 Å². The second-order valence-electron chi connectivity index (χ2n) is 9.88. The molecule has 2 heteroatoms. The Balaban J connectivity index is 3.07. The Kier molecular flexibility index (Phi) is 5.18. The fourth-order valence-electron chi connectivity index (χ4n) is 3.79. The molecular formula is C25H40NSi+. The molecule has 0 amide bonds. The number of nitrogens with zero attached hydrogens (tertiary/aromatic N) is 1. The molecular weight excluding hydrogens is 342 g/mol. The molecule has 148 valence electrons. The first-order valence-corrected chi connectivity index (χ1v) is 13.8. The maximum absolute atomic E-state index is 8.26. The van der Waals surface area contributed by atoms with Gasteiger partial charge < -0.3 is 0 Å². The van der Waals surface area contributed by atoms with Crippen LogP contribution in [0.3, 0.4) is 0 Å². The number of hydrogen-bond acceptors (Lipinski definition) is 0. The van der Waals surface area contributed by atoms with Crippen LogP contribution >= 0.6 is 0 Å². The standard InChI is InChI=1S/C25H40NSi/c1-16(2)21-12-20(27(9,10)11)13-22(17(3)4)25(21)23-14-24(18(5)6)26(8)15-19(23)7/h12-18H,1-11H3/q+1/i7D3. The van der Waals surface area contributed by atoms with Gasteiger partial charge in [0.25, 0.3) is 0 Å². The second-order valence-corrected chi connectivity index (χ2v) is 15.0. The van der Waals surface area contributed by atoms with E-state index in [9.17, 15) is 0 Å². The summed E-state index contributed by atoms with van der Waals surface area (Å²) < 4.78 is 26.8. The van der Waals surface area contributed by atoms with Gasteiger partial charge in [-0.2, -0.15) is 0 Å². The predicted octanol–water partition coefficient (Wildman–Crippen LogP) is 6.40. The quantitative estimate of drug-likeness (QED) is 0.414. The normalized spacial score (nSPS) is 14.6. The first-order valence-electron chi connectivity index (χ1n) is 11.8. The minimum Gasteiger partial charge on any atom is -0.205 e. The van der Waals surface area contributed by atoms with Gasteiger partial charge in [0, 0.05) is 21.7 Å². The smallest absolute Gasteiger partial charge is 0.184 e. The van der Waals surface area contributed by atoms with Gasteiger partial charge in [-0.3, -0.25) is 0 Å². The van der Waals surface area contributed by atoms with E-state index in [-0.39, 0.29) is 0 Å². The van der Waals surface area contributed by atoms with Crippen LogP contribution in [0.25, 0.3) is 11.1 Å². The molecule has 1 aromatic heterocycles. The van der Waals surface area contributed by atoms with E-state index in [0.29, 0.717) is 23.3 Å². The lowest BCUT2D eigenvalue weighted by Gasteiger charge is -2.27. The molecule has 0 aliphatic heterocycles. The molecule has 0 unspecified atom stereocenters. The van der Waals surface area contributed by atoms with Crippen molar-refractivity contribution in [3.05, 3.63) is 46.8 Å². The van der Waals surface area contributed by atoms with Gasteiger partial charge in [-0.05, 0) is 40.9 Å². The maximum Gasteiger partial charge on any atom is 0.184 e. The van der Waals surface area contributed by atoms with E-state index in [1.807, 2.05) is 17.8 Å². The summed E-state index contributed by atoms with van der Waals surface area (Å²) in [6.07, 6.45) is 1.83. The highest BCUT2D eigenvalue weighted by Crippen LogP contribution is 2.38. The van der Waals surface area contributed by atoms with Gasteiger partial charge >= 0.3 is 0 Å². The van der Waals surface area contributed by atoms with Crippen molar-refractivity contribution in [1.29, 1.82) is 0 Å². The first-order chi connectivity index (χ1) is 13.6. The van der Waals surface area contributed by atoms with Crippen LogP contribution in [-0.2, 0) is 7.05 Å². The molecule has 2 aromatic rings. The maximum atomic E-state index is 8.26. The summed E-state index contributed by atoms with van der Waals surface area (Å²) in [5, 5.41) is 1.44. The Hall–Kier alpha value is -1.41. The average molecular weight is 386 g/mol. The summed E-state index contributed by atoms with van der Waals surface area (Å²) in [6.45, 7) is 18.2. The minimum atomic E-state index is -2.16. The van der Waals surface area contributed by atoms with E-state index in [2.05, 4.69) is 79.4 Å². The minimum absolute atomic E-state index is 0.311. The molecule has 1 aromatic carbocycles. The first kappa shape index (κ1) is 17.7. The molecule has 0 fully saturated rings. The fourth-order valence-corrected chi connectivity index (χ4v) is 4.97. The second kappa shape index (κ2) is 7.91. The zero-order chi connectivity index (χ0) is 23.2. The third kappa shape index (κ3) is 4.54. The summed E-state index contributed by atoms with van der Waals surface area (Å²) >= 11 is 0. The number of hydrogen-bond donors (Lipinski definition) is 0. The van der Waals surface area contributed by atoms with Crippen LogP contribution in [-0.4, -0.2) is 8.07 Å². The summed E-state index contributed by atoms with van der Waals surface area (Å²) in [6, 6.07) is 6.86. The third-order valence-corrected chi connectivity index (χ3v) is 7.50. The number of benzene rings is 1. The highest BCUT2D eigenvalue weighted by molar-refractivity contribution is 6.88. The zero-order valence-corrected chi connectivity index (χ0v) is 20.0. The lowest BCUT2D eigenvalue weighted by molar-refractivity contribution is -0.680. The molecule has 0 aliphatic carbocycles. The SMILES string of the molecule is [2H]C([2H])([2H])c1c[n+](C)c(C(C)C)cc1-c1c(C(C)C)cc([Si](C)(C)C)cc1C(C)C. The lowest BCUT2D eigenvalue weighted by atomic mass is 9.83. The molecule has 0 bridgehead atoms. The molecule has 0 atom stereocenters. The summed E-state index contributed by atoms with van der Waals surface area (Å²) in [4.78, 5) is 0. The summed E-state index contributed by atoms with van der Waals surface area (Å²) in [7, 11) is 0.439. The topological polar surface area (TPSA) is 3.88 Å². The number of pyridine rings is 1. The van der Waals surface area contributed by atoms with Gasteiger partial charge in [0.2, 0.25) is 0 Å². The zero-order valence-electron chi connectivity index (χ0n) is 22.0. The number of aryl methyl sites for hydroxylation is 2. The predicted molar refractivity (Wildman–Crippen MR) is 123 cm³/mol. The van der Waals surface area contributed by atoms with Crippen molar-refractivity contribution in [2.45, 2.75) is 85.8 Å². The van der Waals surface area contributed by atoms with E-state index in [4.69, 9.17) is 4.11 Å². The van der Waals surface area contributed by atoms with Crippen LogP contribution < -0.4 is 9.75 Å². The molecule has 0 saturated carbocycles. The summed E-state index contributed by atoms with van der Waals surface area (Å²) in [5.41, 5.74) is 6.15. The van der Waals surface area contributed by atoms with Crippen molar-refractivity contribution in [3.63, 3.8) is 0 Å². The van der Waals surface area contributed by atoms with Crippen LogP contribution in [0.15, 0.2) is 24.4 Å². The van der Waals surface area contributed by atoms with Crippen LogP contribution in [0, 0.1) is 6.85 Å². The Labute approximate surface area is 173 Å². The van der Waals surface area contributed by atoms with Crippen molar-refractivity contribution in [2.75, 3.05) is 0 Å². The van der Waals surface area contributed by atoms with E-state index < -0.39 is 14.9 Å². The molecule has 1 nitrogen and oxygen atoms in total. The van der Waals surface area contributed by atoms with Crippen LogP contribution in [0.5, 0.6) is 0 Å². The van der Waals surface area contributed by atoms with Crippen molar-refractivity contribution in [2.24, 2.45) is 7.05 Å². The molecule has 0 saturated heterocycles. The molecule has 1 heterocycles. The van der Waals surface area contributed by atoms with E-state index in [1.165, 1.54) is 16.3 Å². The summed E-state index contributed by atoms with van der Waals surface area (Å²) in [5.74, 6) is 0.940. The van der Waals surface area contributed by atoms with Crippen molar-refractivity contribution in [1.82, 2.24) is 0 Å². The van der Waals surface area contributed by atoms with E-state index in [1.54, 1.807) is 0 Å². The van der Waals surface area contributed by atoms with Crippen molar-refractivity contribution >= 4 is 13.3 Å². The van der Waals surface area contributed by atoms with Crippen LogP contribution in [0.1, 0.15) is 85.8 Å². The van der Waals surface area contributed by atoms with Crippen molar-refractivity contribution in [3.8, 4) is 11.1 Å². The Bertz CT molecular complexity index is 890. The van der Waals surface area contributed by atoms with Gasteiger partial charge in [-0.25, -0.2) is 4.57 Å². The van der Waals surface area contributed by atoms with Gasteiger partial charge in [0.1, 0.15) is 7.05 Å². The van der Waals surface area contributed by atoms with E-state index in [0.717, 1.165) is 16.8 Å². The van der Waals surface area contributed by atoms with Gasteiger partial charge in [-0.15, -0.1) is 0 Å². The monoisotopic (exact) mass is 385 g/mol. The fraction of sp³-hybridized carbons (Fsp3) is 0.560. The van der Waals surface area contributed by atoms with Crippen LogP contribution in [0.2, 0.25) is 19.6 Å². The molecule has 0 aliphatic rings. The Morgan fingerprint density at radius 2 is 1.37 bits per heavy atom. The number of aromatic nitrogens is 1. The molecule has 0 N–H and O–H groups in total. The Morgan fingerprint density at radius 1 is 0.852 bits per heavy atom. The molecule has 0 spiro atoms. The van der Waals surface area contributed by atoms with Gasteiger partial charge in [-0.1, -0.05) is 78.5 Å². The highest BCUT2D eigenvalue weighted by Gasteiger charge is 2.25. The van der Waals surface area contributed by atoms with Crippen molar-refractivity contribution < 1.29 is 8.68 Å². The van der Waals surface area contributed by atoms with Crippen LogP contribution in [0.4, 0.5) is 0 Å². The number of rotatable bonds is 5. The highest BCUT2D eigenvalue weighted by atomic mass is 28.3. The molecule has 2 rings (SSSR count). The van der Waals surface area contributed by atoms with Gasteiger partial charge in [0.05, 0.1) is 8.07 Å². The Morgan fingerprint density at radius 3 is 1.74 bits per heavy atom. The average Bonchev–Trinajstić information content (AvgIpc) is 2.58. The third-order valence-electron chi connectivity index (χ3n) is 5.48. The molecule has 0 radical (unpaired) electrons. The lowest BCUT2D eigenvalue weighted by Crippen LogP contribution is -2.38. The largest absolute Gasteiger partial charge is 0.205 e. The van der Waals surface area contributed by atoms with E-state index >= 15 is 0 Å².